The second-order valence-electron chi connectivity index (χ2n) is 3.17. The number of hydrogen-bond donors (Lipinski definition) is 2. The van der Waals surface area contributed by atoms with Crippen LogP contribution in [0.1, 0.15) is 11.6 Å². The summed E-state index contributed by atoms with van der Waals surface area (Å²) in [6.45, 7) is 0.990. The monoisotopic (exact) mass is 199 g/mol. The molecule has 1 aliphatic heterocycles. The molecule has 72 valence electrons. The van der Waals surface area contributed by atoms with Crippen molar-refractivity contribution in [2.75, 3.05) is 18.1 Å². The normalized spacial score (nSPS) is 23.3. The number of H-pyrrole nitrogens is 1. The Kier molecular flexibility index (Phi) is 2.46. The molecule has 0 aliphatic carbocycles. The Labute approximate surface area is 80.7 Å². The van der Waals surface area contributed by atoms with E-state index in [0.717, 1.165) is 23.6 Å². The van der Waals surface area contributed by atoms with Crippen LogP contribution in [0.4, 0.5) is 0 Å². The highest BCUT2D eigenvalue weighted by molar-refractivity contribution is 7.99. The minimum absolute atomic E-state index is 0.0833. The van der Waals surface area contributed by atoms with Gasteiger partial charge in [0.25, 0.3) is 5.56 Å². The van der Waals surface area contributed by atoms with E-state index in [1.165, 1.54) is 4.68 Å². The summed E-state index contributed by atoms with van der Waals surface area (Å²) in [7, 11) is 1.74. The smallest absolute Gasteiger partial charge is 0.271 e. The maximum absolute atomic E-state index is 11.6. The number of aryl methyl sites for hydroxylation is 1. The molecule has 2 rings (SSSR count). The lowest BCUT2D eigenvalue weighted by Gasteiger charge is -2.21. The van der Waals surface area contributed by atoms with Crippen LogP contribution in [-0.2, 0) is 7.05 Å². The average Bonchev–Trinajstić information content (AvgIpc) is 2.49. The molecule has 0 aromatic carbocycles. The third kappa shape index (κ3) is 1.66. The minimum Gasteiger partial charge on any atom is -0.308 e. The van der Waals surface area contributed by atoms with Gasteiger partial charge in [0.2, 0.25) is 0 Å². The van der Waals surface area contributed by atoms with Crippen molar-refractivity contribution in [3.8, 4) is 0 Å². The molecule has 0 saturated carbocycles. The standard InChI is InChI=1S/C8H13N3OS/c1-11-8(12)6(4-10-11)7-5-13-3-2-9-7/h4,7,9-10H,2-3,5H2,1H3. The van der Waals surface area contributed by atoms with Crippen molar-refractivity contribution in [2.45, 2.75) is 6.04 Å². The molecule has 2 heterocycles. The number of thioether (sulfide) groups is 1. The van der Waals surface area contributed by atoms with Gasteiger partial charge in [0.1, 0.15) is 0 Å². The van der Waals surface area contributed by atoms with E-state index in [4.69, 9.17) is 0 Å². The molecule has 1 aliphatic rings. The topological polar surface area (TPSA) is 49.8 Å². The maximum Gasteiger partial charge on any atom is 0.271 e. The van der Waals surface area contributed by atoms with Gasteiger partial charge in [-0.3, -0.25) is 9.48 Å². The molecule has 1 saturated heterocycles. The van der Waals surface area contributed by atoms with E-state index < -0.39 is 0 Å². The molecule has 1 aromatic rings. The molecule has 1 fully saturated rings. The highest BCUT2D eigenvalue weighted by atomic mass is 32.2. The van der Waals surface area contributed by atoms with Gasteiger partial charge in [-0.05, 0) is 0 Å². The molecule has 0 amide bonds. The first-order valence-electron chi connectivity index (χ1n) is 4.34. The van der Waals surface area contributed by atoms with E-state index in [0.29, 0.717) is 0 Å². The number of rotatable bonds is 1. The SMILES string of the molecule is Cn1[nH]cc(C2CSCCN2)c1=O. The van der Waals surface area contributed by atoms with Crippen LogP contribution >= 0.6 is 11.8 Å². The van der Waals surface area contributed by atoms with Crippen LogP contribution in [-0.4, -0.2) is 27.8 Å². The number of nitrogens with zero attached hydrogens (tertiary/aromatic N) is 1. The van der Waals surface area contributed by atoms with Crippen molar-refractivity contribution in [2.24, 2.45) is 7.05 Å². The Morgan fingerprint density at radius 2 is 2.54 bits per heavy atom. The van der Waals surface area contributed by atoms with E-state index in [1.54, 1.807) is 13.2 Å². The van der Waals surface area contributed by atoms with E-state index >= 15 is 0 Å². The summed E-state index contributed by atoms with van der Waals surface area (Å²) in [4.78, 5) is 11.6. The predicted molar refractivity (Wildman–Crippen MR) is 54.1 cm³/mol. The van der Waals surface area contributed by atoms with E-state index in [9.17, 15) is 4.79 Å². The molecule has 2 N–H and O–H groups in total. The molecule has 0 bridgehead atoms. The predicted octanol–water partition coefficient (Wildman–Crippen LogP) is 0.0909. The second kappa shape index (κ2) is 3.59. The zero-order chi connectivity index (χ0) is 9.26. The van der Waals surface area contributed by atoms with Crippen molar-refractivity contribution in [1.82, 2.24) is 15.1 Å². The van der Waals surface area contributed by atoms with Crippen molar-refractivity contribution in [1.29, 1.82) is 0 Å². The first-order valence-corrected chi connectivity index (χ1v) is 5.50. The number of aromatic nitrogens is 2. The van der Waals surface area contributed by atoms with Gasteiger partial charge in [-0.25, -0.2) is 0 Å². The molecule has 1 aromatic heterocycles. The third-order valence-electron chi connectivity index (χ3n) is 2.26. The Morgan fingerprint density at radius 3 is 3.08 bits per heavy atom. The van der Waals surface area contributed by atoms with Crippen LogP contribution < -0.4 is 10.9 Å². The Morgan fingerprint density at radius 1 is 1.69 bits per heavy atom. The van der Waals surface area contributed by atoms with Gasteiger partial charge in [-0.1, -0.05) is 0 Å². The number of nitrogens with one attached hydrogen (secondary N) is 2. The molecule has 13 heavy (non-hydrogen) atoms. The van der Waals surface area contributed by atoms with E-state index in [1.807, 2.05) is 11.8 Å². The fraction of sp³-hybridized carbons (Fsp3) is 0.625. The average molecular weight is 199 g/mol. The largest absolute Gasteiger partial charge is 0.308 e. The number of hydrogen-bond acceptors (Lipinski definition) is 3. The summed E-state index contributed by atoms with van der Waals surface area (Å²) >= 11 is 1.89. The highest BCUT2D eigenvalue weighted by Gasteiger charge is 2.19. The van der Waals surface area contributed by atoms with E-state index in [-0.39, 0.29) is 11.6 Å². The third-order valence-corrected chi connectivity index (χ3v) is 3.32. The fourth-order valence-corrected chi connectivity index (χ4v) is 2.46. The lowest BCUT2D eigenvalue weighted by atomic mass is 10.2. The summed E-state index contributed by atoms with van der Waals surface area (Å²) in [6.07, 6.45) is 1.80. The lowest BCUT2D eigenvalue weighted by Crippen LogP contribution is -2.33. The summed E-state index contributed by atoms with van der Waals surface area (Å²) in [5, 5.41) is 6.22. The molecule has 4 nitrogen and oxygen atoms in total. The first-order chi connectivity index (χ1) is 6.29. The van der Waals surface area contributed by atoms with Gasteiger partial charge >= 0.3 is 0 Å². The van der Waals surface area contributed by atoms with Gasteiger partial charge in [0.15, 0.2) is 0 Å². The zero-order valence-corrected chi connectivity index (χ0v) is 8.36. The first kappa shape index (κ1) is 8.90. The molecule has 0 radical (unpaired) electrons. The fourth-order valence-electron chi connectivity index (χ4n) is 1.50. The molecule has 5 heteroatoms. The maximum atomic E-state index is 11.6. The molecule has 1 atom stereocenters. The summed E-state index contributed by atoms with van der Waals surface area (Å²) in [5.74, 6) is 2.13. The van der Waals surface area contributed by atoms with Crippen LogP contribution in [0.3, 0.4) is 0 Å². The van der Waals surface area contributed by atoms with Crippen molar-refractivity contribution in [3.05, 3.63) is 22.1 Å². The van der Waals surface area contributed by atoms with Crippen molar-refractivity contribution < 1.29 is 0 Å². The van der Waals surface area contributed by atoms with Gasteiger partial charge in [-0.15, -0.1) is 0 Å². The van der Waals surface area contributed by atoms with Crippen LogP contribution in [0, 0.1) is 0 Å². The number of aromatic amines is 1. The lowest BCUT2D eigenvalue weighted by molar-refractivity contribution is 0.589. The molecular formula is C8H13N3OS. The van der Waals surface area contributed by atoms with Gasteiger partial charge in [0, 0.05) is 37.3 Å². The van der Waals surface area contributed by atoms with Gasteiger partial charge in [0.05, 0.1) is 5.56 Å². The Bertz CT molecular complexity index is 337. The van der Waals surface area contributed by atoms with Gasteiger partial charge in [-0.2, -0.15) is 11.8 Å². The zero-order valence-electron chi connectivity index (χ0n) is 7.54. The van der Waals surface area contributed by atoms with Crippen LogP contribution in [0.25, 0.3) is 0 Å². The summed E-state index contributed by atoms with van der Waals surface area (Å²) in [5.41, 5.74) is 0.940. The Hall–Kier alpha value is -0.680. The van der Waals surface area contributed by atoms with Crippen molar-refractivity contribution >= 4 is 11.8 Å². The highest BCUT2D eigenvalue weighted by Crippen LogP contribution is 2.18. The van der Waals surface area contributed by atoms with Gasteiger partial charge < -0.3 is 10.4 Å². The molecule has 1 unspecified atom stereocenters. The summed E-state index contributed by atoms with van der Waals surface area (Å²) in [6, 6.07) is 0.226. The summed E-state index contributed by atoms with van der Waals surface area (Å²) < 4.78 is 1.51. The van der Waals surface area contributed by atoms with Crippen molar-refractivity contribution in [3.63, 3.8) is 0 Å². The Balaban J connectivity index is 2.24. The molecule has 0 spiro atoms. The molecular weight excluding hydrogens is 186 g/mol. The van der Waals surface area contributed by atoms with Crippen LogP contribution in [0.15, 0.2) is 11.0 Å². The van der Waals surface area contributed by atoms with Crippen LogP contribution in [0.5, 0.6) is 0 Å². The minimum atomic E-state index is 0.0833. The van der Waals surface area contributed by atoms with Crippen LogP contribution in [0.2, 0.25) is 0 Å². The van der Waals surface area contributed by atoms with E-state index in [2.05, 4.69) is 10.4 Å². The second-order valence-corrected chi connectivity index (χ2v) is 4.32. The quantitative estimate of drug-likeness (QED) is 0.674.